The molecule has 2 heteroatoms. The monoisotopic (exact) mass is 391 g/mol. The molecule has 0 radical (unpaired) electrons. The van der Waals surface area contributed by atoms with Crippen molar-refractivity contribution in [2.45, 2.75) is 12.8 Å². The molecule has 0 amide bonds. The fourth-order valence-electron chi connectivity index (χ4n) is 1.29. The largest absolute Gasteiger partial charge is 1.00 e. The van der Waals surface area contributed by atoms with Crippen molar-refractivity contribution in [3.63, 3.8) is 0 Å². The maximum absolute atomic E-state index is 2.32. The van der Waals surface area contributed by atoms with E-state index >= 15 is 0 Å². The van der Waals surface area contributed by atoms with Gasteiger partial charge in [-0.05, 0) is 0 Å². The van der Waals surface area contributed by atoms with Crippen molar-refractivity contribution in [1.82, 2.24) is 0 Å². The van der Waals surface area contributed by atoms with Gasteiger partial charge in [0.25, 0.3) is 0 Å². The number of rotatable bonds is 2. The Balaban J connectivity index is 0.000000720. The molecule has 0 spiro atoms. The topological polar surface area (TPSA) is 0 Å². The minimum atomic E-state index is -0.526. The van der Waals surface area contributed by atoms with Gasteiger partial charge >= 0.3 is 78.9 Å². The van der Waals surface area contributed by atoms with Gasteiger partial charge in [0.2, 0.25) is 0 Å². The van der Waals surface area contributed by atoms with E-state index in [0.717, 1.165) is 0 Å². The molecule has 0 fully saturated rings. The van der Waals surface area contributed by atoms with E-state index in [0.29, 0.717) is 0 Å². The Kier molecular flexibility index (Phi) is 4.44. The molecule has 0 atom stereocenters. The molecular formula is C10H12BrHf-. The van der Waals surface area contributed by atoms with Gasteiger partial charge in [0, 0.05) is 0 Å². The molecule has 0 N–H and O–H groups in total. The molecule has 0 unspecified atom stereocenters. The van der Waals surface area contributed by atoms with Gasteiger partial charge in [-0.2, -0.15) is 0 Å². The van der Waals surface area contributed by atoms with Crippen LogP contribution in [0.5, 0.6) is 0 Å². The van der Waals surface area contributed by atoms with E-state index in [2.05, 4.69) is 36.5 Å². The fraction of sp³-hybridized carbons (Fsp3) is 0.200. The molecule has 12 heavy (non-hydrogen) atoms. The molecule has 2 aliphatic rings. The summed E-state index contributed by atoms with van der Waals surface area (Å²) in [5, 5.41) is 0. The Morgan fingerprint density at radius 3 is 1.83 bits per heavy atom. The van der Waals surface area contributed by atoms with Crippen molar-refractivity contribution in [2.24, 2.45) is 0 Å². The maximum atomic E-state index is 2.32. The second kappa shape index (κ2) is 5.13. The maximum Gasteiger partial charge on any atom is -1.00 e. The molecule has 2 rings (SSSR count). The summed E-state index contributed by atoms with van der Waals surface area (Å²) < 4.78 is 3.50. The molecule has 0 aliphatic heterocycles. The average molecular weight is 391 g/mol. The van der Waals surface area contributed by atoms with Gasteiger partial charge in [0.1, 0.15) is 0 Å². The minimum absolute atomic E-state index is 0. The second-order valence-corrected chi connectivity index (χ2v) is 8.29. The van der Waals surface area contributed by atoms with Crippen LogP contribution in [-0.2, 0) is 22.9 Å². The van der Waals surface area contributed by atoms with Crippen LogP contribution in [0.25, 0.3) is 0 Å². The van der Waals surface area contributed by atoms with Crippen LogP contribution in [-0.4, -0.2) is 0 Å². The van der Waals surface area contributed by atoms with Crippen LogP contribution < -0.4 is 0 Å². The van der Waals surface area contributed by atoms with Crippen LogP contribution in [0.3, 0.4) is 0 Å². The number of allylic oxidation sites excluding steroid dienone is 8. The van der Waals surface area contributed by atoms with Crippen molar-refractivity contribution in [3.05, 3.63) is 43.1 Å². The summed E-state index contributed by atoms with van der Waals surface area (Å²) in [6, 6.07) is 0. The first-order chi connectivity index (χ1) is 5.45. The van der Waals surface area contributed by atoms with Crippen molar-refractivity contribution in [2.75, 3.05) is 0 Å². The second-order valence-electron chi connectivity index (χ2n) is 2.77. The zero-order valence-corrected chi connectivity index (χ0v) is 12.1. The average Bonchev–Trinajstić information content (AvgIpc) is 2.60. The Morgan fingerprint density at radius 1 is 1.00 bits per heavy atom. The van der Waals surface area contributed by atoms with Crippen LogP contribution in [0.4, 0.5) is 0 Å². The third-order valence-corrected chi connectivity index (χ3v) is 6.84. The summed E-state index contributed by atoms with van der Waals surface area (Å²) >= 11 is -0.526. The standard InChI is InChI=1S/2C5H5.BrH.Hf.H/c2*1-2-4-5-3-1;;;/h2*1-3H,4H2;1H;;/q;;;;-1. The first-order valence-electron chi connectivity index (χ1n) is 3.93. The van der Waals surface area contributed by atoms with Crippen molar-refractivity contribution >= 4 is 17.0 Å². The predicted octanol–water partition coefficient (Wildman–Crippen LogP) is 3.45. The SMILES string of the molecule is Br.C1=CC[C]([Hf][C]2=CC=CC2)=C1.[H-]. The molecular weight excluding hydrogens is 379 g/mol. The van der Waals surface area contributed by atoms with Gasteiger partial charge in [-0.3, -0.25) is 0 Å². The molecule has 0 aromatic heterocycles. The Hall–Kier alpha value is 0.310. The molecule has 0 aromatic carbocycles. The summed E-state index contributed by atoms with van der Waals surface area (Å²) in [6.45, 7) is 0. The molecule has 0 heterocycles. The van der Waals surface area contributed by atoms with Gasteiger partial charge in [-0.1, -0.05) is 0 Å². The van der Waals surface area contributed by atoms with Gasteiger partial charge in [-0.15, -0.1) is 17.0 Å². The molecule has 0 aromatic rings. The first-order valence-corrected chi connectivity index (χ1v) is 7.53. The van der Waals surface area contributed by atoms with Gasteiger partial charge in [0.05, 0.1) is 0 Å². The van der Waals surface area contributed by atoms with E-state index in [-0.39, 0.29) is 18.4 Å². The zero-order valence-electron chi connectivity index (χ0n) is 7.79. The summed E-state index contributed by atoms with van der Waals surface area (Å²) in [4.78, 5) is 0. The summed E-state index contributed by atoms with van der Waals surface area (Å²) in [6.07, 6.45) is 16.1. The zero-order chi connectivity index (χ0) is 7.52. The van der Waals surface area contributed by atoms with Crippen LogP contribution in [0.1, 0.15) is 14.3 Å². The van der Waals surface area contributed by atoms with E-state index < -0.39 is 22.9 Å². The van der Waals surface area contributed by atoms with Gasteiger partial charge < -0.3 is 1.43 Å². The first kappa shape index (κ1) is 10.4. The summed E-state index contributed by atoms with van der Waals surface area (Å²) in [5.41, 5.74) is 0. The summed E-state index contributed by atoms with van der Waals surface area (Å²) in [7, 11) is 0. The van der Waals surface area contributed by atoms with Crippen LogP contribution in [0.15, 0.2) is 43.1 Å². The normalized spacial score (nSPS) is 18.7. The van der Waals surface area contributed by atoms with E-state index in [4.69, 9.17) is 0 Å². The van der Waals surface area contributed by atoms with E-state index in [1.807, 2.05) is 0 Å². The minimum Gasteiger partial charge on any atom is -1.00 e. The van der Waals surface area contributed by atoms with Crippen molar-refractivity contribution in [1.29, 1.82) is 0 Å². The smallest absolute Gasteiger partial charge is 1.00 e. The molecule has 0 saturated heterocycles. The molecule has 64 valence electrons. The van der Waals surface area contributed by atoms with Crippen LogP contribution >= 0.6 is 17.0 Å². The quantitative estimate of drug-likeness (QED) is 0.634. The van der Waals surface area contributed by atoms with E-state index in [9.17, 15) is 0 Å². The summed E-state index contributed by atoms with van der Waals surface area (Å²) in [5.74, 6) is 0. The fourth-order valence-corrected chi connectivity index (χ4v) is 5.64. The Labute approximate surface area is 96.7 Å². The van der Waals surface area contributed by atoms with Gasteiger partial charge in [0.15, 0.2) is 0 Å². The van der Waals surface area contributed by atoms with Crippen LogP contribution in [0, 0.1) is 0 Å². The number of hydrogen-bond donors (Lipinski definition) is 0. The number of halogens is 1. The third-order valence-electron chi connectivity index (χ3n) is 1.86. The Morgan fingerprint density at radius 2 is 1.50 bits per heavy atom. The molecule has 2 aliphatic carbocycles. The predicted molar refractivity (Wildman–Crippen MR) is 55.1 cm³/mol. The Bertz CT molecular complexity index is 249. The third kappa shape index (κ3) is 2.67. The number of hydrogen-bond acceptors (Lipinski definition) is 0. The molecule has 0 saturated carbocycles. The van der Waals surface area contributed by atoms with E-state index in [1.165, 1.54) is 12.8 Å². The van der Waals surface area contributed by atoms with Crippen LogP contribution in [0.2, 0.25) is 0 Å². The van der Waals surface area contributed by atoms with E-state index in [1.54, 1.807) is 6.66 Å². The van der Waals surface area contributed by atoms with Gasteiger partial charge in [-0.25, -0.2) is 0 Å². The van der Waals surface area contributed by atoms with Crippen molar-refractivity contribution < 1.29 is 24.3 Å². The molecule has 0 bridgehead atoms. The van der Waals surface area contributed by atoms with Crippen molar-refractivity contribution in [3.8, 4) is 0 Å². The molecule has 0 nitrogen and oxygen atoms in total.